The molecule has 5 heteroatoms. The quantitative estimate of drug-likeness (QED) is 0.775. The van der Waals surface area contributed by atoms with E-state index in [1.807, 2.05) is 31.3 Å². The highest BCUT2D eigenvalue weighted by molar-refractivity contribution is 5.74. The highest BCUT2D eigenvalue weighted by Gasteiger charge is 2.13. The average Bonchev–Trinajstić information content (AvgIpc) is 2.95. The minimum atomic E-state index is -0.688. The molecular weight excluding hydrogens is 240 g/mol. The van der Waals surface area contributed by atoms with Crippen LogP contribution in [0.2, 0.25) is 0 Å². The number of rotatable bonds is 3. The SMILES string of the molecule is CCn1cc(C(O)c2ccc3nccnc3c2)cn1. The summed E-state index contributed by atoms with van der Waals surface area (Å²) in [4.78, 5) is 8.46. The van der Waals surface area contributed by atoms with Crippen molar-refractivity contribution in [1.29, 1.82) is 0 Å². The third kappa shape index (κ3) is 2.20. The molecule has 1 aromatic carbocycles. The highest BCUT2D eigenvalue weighted by atomic mass is 16.3. The molecule has 2 aromatic heterocycles. The summed E-state index contributed by atoms with van der Waals surface area (Å²) in [5.41, 5.74) is 3.18. The summed E-state index contributed by atoms with van der Waals surface area (Å²) in [5, 5.41) is 14.5. The van der Waals surface area contributed by atoms with E-state index in [1.165, 1.54) is 0 Å². The van der Waals surface area contributed by atoms with Crippen molar-refractivity contribution < 1.29 is 5.11 Å². The van der Waals surface area contributed by atoms with E-state index >= 15 is 0 Å². The van der Waals surface area contributed by atoms with Gasteiger partial charge in [-0.3, -0.25) is 14.6 Å². The van der Waals surface area contributed by atoms with Gasteiger partial charge in [-0.25, -0.2) is 0 Å². The Labute approximate surface area is 110 Å². The van der Waals surface area contributed by atoms with E-state index in [2.05, 4.69) is 15.1 Å². The lowest BCUT2D eigenvalue weighted by atomic mass is 10.0. The minimum absolute atomic E-state index is 0.688. The third-order valence-electron chi connectivity index (χ3n) is 3.10. The van der Waals surface area contributed by atoms with Crippen LogP contribution >= 0.6 is 0 Å². The molecule has 0 amide bonds. The van der Waals surface area contributed by atoms with Crippen molar-refractivity contribution in [3.63, 3.8) is 0 Å². The van der Waals surface area contributed by atoms with Crippen LogP contribution in [0.1, 0.15) is 24.2 Å². The van der Waals surface area contributed by atoms with Gasteiger partial charge in [-0.15, -0.1) is 0 Å². The first kappa shape index (κ1) is 11.8. The lowest BCUT2D eigenvalue weighted by Gasteiger charge is -2.09. The molecule has 3 rings (SSSR count). The van der Waals surface area contributed by atoms with Crippen LogP contribution in [-0.4, -0.2) is 24.9 Å². The molecule has 0 aliphatic rings. The molecule has 96 valence electrons. The Bertz CT molecular complexity index is 707. The lowest BCUT2D eigenvalue weighted by molar-refractivity contribution is 0.220. The highest BCUT2D eigenvalue weighted by Crippen LogP contribution is 2.23. The maximum Gasteiger partial charge on any atom is 0.107 e. The van der Waals surface area contributed by atoms with Crippen LogP contribution in [0, 0.1) is 0 Å². The lowest BCUT2D eigenvalue weighted by Crippen LogP contribution is -1.99. The Morgan fingerprint density at radius 3 is 2.68 bits per heavy atom. The minimum Gasteiger partial charge on any atom is -0.384 e. The molecule has 0 saturated heterocycles. The van der Waals surface area contributed by atoms with E-state index in [-0.39, 0.29) is 0 Å². The fraction of sp³-hybridized carbons (Fsp3) is 0.214. The second kappa shape index (κ2) is 4.78. The van der Waals surface area contributed by atoms with E-state index < -0.39 is 6.10 Å². The molecule has 0 spiro atoms. The van der Waals surface area contributed by atoms with Gasteiger partial charge in [0, 0.05) is 30.7 Å². The standard InChI is InChI=1S/C14H14N4O/c1-2-18-9-11(8-17-18)14(19)10-3-4-12-13(7-10)16-6-5-15-12/h3-9,14,19H,2H2,1H3. The third-order valence-corrected chi connectivity index (χ3v) is 3.10. The summed E-state index contributed by atoms with van der Waals surface area (Å²) in [6, 6.07) is 5.59. The van der Waals surface area contributed by atoms with Crippen molar-refractivity contribution in [2.24, 2.45) is 0 Å². The summed E-state index contributed by atoms with van der Waals surface area (Å²) in [6.45, 7) is 2.80. The first-order valence-electron chi connectivity index (χ1n) is 6.19. The van der Waals surface area contributed by atoms with Crippen LogP contribution in [0.25, 0.3) is 11.0 Å². The van der Waals surface area contributed by atoms with Crippen molar-refractivity contribution in [2.75, 3.05) is 0 Å². The number of nitrogens with zero attached hydrogens (tertiary/aromatic N) is 4. The van der Waals surface area contributed by atoms with Crippen molar-refractivity contribution in [3.8, 4) is 0 Å². The van der Waals surface area contributed by atoms with Crippen molar-refractivity contribution >= 4 is 11.0 Å². The topological polar surface area (TPSA) is 63.8 Å². The predicted molar refractivity (Wildman–Crippen MR) is 71.5 cm³/mol. The largest absolute Gasteiger partial charge is 0.384 e. The molecule has 0 saturated carbocycles. The van der Waals surface area contributed by atoms with E-state index in [1.54, 1.807) is 23.3 Å². The zero-order valence-electron chi connectivity index (χ0n) is 10.6. The van der Waals surface area contributed by atoms with Crippen LogP contribution in [0.15, 0.2) is 43.0 Å². The number of aliphatic hydroxyl groups excluding tert-OH is 1. The summed E-state index contributed by atoms with van der Waals surface area (Å²) in [6.07, 6.45) is 6.16. The van der Waals surface area contributed by atoms with Gasteiger partial charge >= 0.3 is 0 Å². The van der Waals surface area contributed by atoms with Gasteiger partial charge in [-0.2, -0.15) is 5.10 Å². The van der Waals surface area contributed by atoms with Crippen LogP contribution in [-0.2, 0) is 6.54 Å². The molecule has 0 aliphatic carbocycles. The molecule has 0 radical (unpaired) electrons. The first-order valence-corrected chi connectivity index (χ1v) is 6.19. The van der Waals surface area contributed by atoms with Crippen molar-refractivity contribution in [2.45, 2.75) is 19.6 Å². The van der Waals surface area contributed by atoms with Gasteiger partial charge in [-0.05, 0) is 24.6 Å². The van der Waals surface area contributed by atoms with Crippen LogP contribution < -0.4 is 0 Å². The fourth-order valence-electron chi connectivity index (χ4n) is 2.04. The maximum atomic E-state index is 10.4. The fourth-order valence-corrected chi connectivity index (χ4v) is 2.04. The molecule has 19 heavy (non-hydrogen) atoms. The zero-order chi connectivity index (χ0) is 13.2. The summed E-state index contributed by atoms with van der Waals surface area (Å²) in [7, 11) is 0. The second-order valence-corrected chi connectivity index (χ2v) is 4.34. The Morgan fingerprint density at radius 1 is 1.16 bits per heavy atom. The molecule has 0 bridgehead atoms. The molecule has 5 nitrogen and oxygen atoms in total. The van der Waals surface area contributed by atoms with Crippen LogP contribution in [0.5, 0.6) is 0 Å². The van der Waals surface area contributed by atoms with Crippen LogP contribution in [0.4, 0.5) is 0 Å². The monoisotopic (exact) mass is 254 g/mol. The summed E-state index contributed by atoms with van der Waals surface area (Å²) < 4.78 is 1.79. The molecule has 2 heterocycles. The number of aromatic nitrogens is 4. The van der Waals surface area contributed by atoms with Gasteiger partial charge in [0.05, 0.1) is 17.2 Å². The van der Waals surface area contributed by atoms with Gasteiger partial charge in [0.15, 0.2) is 0 Å². The Hall–Kier alpha value is -2.27. The predicted octanol–water partition coefficient (Wildman–Crippen LogP) is 1.93. The number of fused-ring (bicyclic) bond motifs is 1. The van der Waals surface area contributed by atoms with E-state index in [9.17, 15) is 5.11 Å². The van der Waals surface area contributed by atoms with E-state index in [0.717, 1.165) is 28.7 Å². The summed E-state index contributed by atoms with van der Waals surface area (Å²) in [5.74, 6) is 0. The number of aliphatic hydroxyl groups is 1. The number of aryl methyl sites for hydroxylation is 1. The molecule has 1 atom stereocenters. The smallest absolute Gasteiger partial charge is 0.107 e. The van der Waals surface area contributed by atoms with E-state index in [0.29, 0.717) is 0 Å². The van der Waals surface area contributed by atoms with Gasteiger partial charge in [0.2, 0.25) is 0 Å². The normalized spacial score (nSPS) is 12.7. The molecule has 3 aromatic rings. The number of hydrogen-bond donors (Lipinski definition) is 1. The Kier molecular flexibility index (Phi) is 2.97. The van der Waals surface area contributed by atoms with Crippen molar-refractivity contribution in [1.82, 2.24) is 19.7 Å². The van der Waals surface area contributed by atoms with Gasteiger partial charge in [0.1, 0.15) is 6.10 Å². The Morgan fingerprint density at radius 2 is 1.95 bits per heavy atom. The number of benzene rings is 1. The molecule has 1 unspecified atom stereocenters. The van der Waals surface area contributed by atoms with Crippen LogP contribution in [0.3, 0.4) is 0 Å². The van der Waals surface area contributed by atoms with Gasteiger partial charge in [-0.1, -0.05) is 6.07 Å². The molecular formula is C14H14N4O. The number of hydrogen-bond acceptors (Lipinski definition) is 4. The molecule has 0 fully saturated rings. The van der Waals surface area contributed by atoms with E-state index in [4.69, 9.17) is 0 Å². The van der Waals surface area contributed by atoms with Gasteiger partial charge in [0.25, 0.3) is 0 Å². The zero-order valence-corrected chi connectivity index (χ0v) is 10.6. The maximum absolute atomic E-state index is 10.4. The van der Waals surface area contributed by atoms with Gasteiger partial charge < -0.3 is 5.11 Å². The molecule has 0 aliphatic heterocycles. The Balaban J connectivity index is 1.98. The molecule has 1 N–H and O–H groups in total. The average molecular weight is 254 g/mol. The second-order valence-electron chi connectivity index (χ2n) is 4.34. The summed E-state index contributed by atoms with van der Waals surface area (Å²) >= 11 is 0. The van der Waals surface area contributed by atoms with Crippen molar-refractivity contribution in [3.05, 3.63) is 54.1 Å². The first-order chi connectivity index (χ1) is 9.28.